The van der Waals surface area contributed by atoms with Crippen molar-refractivity contribution in [2.24, 2.45) is 5.41 Å². The van der Waals surface area contributed by atoms with Crippen molar-refractivity contribution < 1.29 is 8.42 Å². The molecular weight excluding hydrogens is 270 g/mol. The van der Waals surface area contributed by atoms with E-state index in [1.165, 1.54) is 4.31 Å². The highest BCUT2D eigenvalue weighted by molar-refractivity contribution is 7.89. The fourth-order valence-corrected chi connectivity index (χ4v) is 3.26. The lowest BCUT2D eigenvalue weighted by molar-refractivity contribution is 0.311. The Morgan fingerprint density at radius 2 is 1.67 bits per heavy atom. The molecular formula is C13H20ClNO2S. The standard InChI is InChI=1S/C13H20ClNO2S/c1-13(2,3)10-15(4)18(16,17)12-7-5-11(9-14)6-8-12/h5-8H,9-10H2,1-4H3. The van der Waals surface area contributed by atoms with Gasteiger partial charge in [-0.15, -0.1) is 11.6 Å². The van der Waals surface area contributed by atoms with Crippen LogP contribution in [-0.4, -0.2) is 26.3 Å². The molecule has 0 bridgehead atoms. The van der Waals surface area contributed by atoms with E-state index in [1.807, 2.05) is 20.8 Å². The van der Waals surface area contributed by atoms with Gasteiger partial charge < -0.3 is 0 Å². The van der Waals surface area contributed by atoms with E-state index in [9.17, 15) is 8.42 Å². The van der Waals surface area contributed by atoms with Crippen molar-refractivity contribution >= 4 is 21.6 Å². The van der Waals surface area contributed by atoms with Gasteiger partial charge in [0.1, 0.15) is 0 Å². The first kappa shape index (κ1) is 15.5. The van der Waals surface area contributed by atoms with Crippen molar-refractivity contribution in [2.45, 2.75) is 31.5 Å². The summed E-state index contributed by atoms with van der Waals surface area (Å²) in [6.07, 6.45) is 0. The molecule has 0 fully saturated rings. The number of hydrogen-bond acceptors (Lipinski definition) is 2. The molecule has 0 atom stereocenters. The van der Waals surface area contributed by atoms with E-state index >= 15 is 0 Å². The van der Waals surface area contributed by atoms with Gasteiger partial charge >= 0.3 is 0 Å². The highest BCUT2D eigenvalue weighted by Gasteiger charge is 2.24. The lowest BCUT2D eigenvalue weighted by Crippen LogP contribution is -2.34. The average Bonchev–Trinajstić information content (AvgIpc) is 2.27. The minimum atomic E-state index is -3.41. The minimum Gasteiger partial charge on any atom is -0.207 e. The van der Waals surface area contributed by atoms with Crippen molar-refractivity contribution in [3.8, 4) is 0 Å². The normalized spacial score (nSPS) is 13.0. The number of sulfonamides is 1. The minimum absolute atomic E-state index is 0.0715. The molecule has 1 aromatic rings. The predicted octanol–water partition coefficient (Wildman–Crippen LogP) is 3.09. The van der Waals surface area contributed by atoms with Crippen molar-refractivity contribution in [2.75, 3.05) is 13.6 Å². The Hall–Kier alpha value is -0.580. The Labute approximate surface area is 115 Å². The van der Waals surface area contributed by atoms with Crippen LogP contribution in [0.4, 0.5) is 0 Å². The maximum absolute atomic E-state index is 12.3. The lowest BCUT2D eigenvalue weighted by Gasteiger charge is -2.26. The van der Waals surface area contributed by atoms with Crippen LogP contribution >= 0.6 is 11.6 Å². The molecule has 0 aromatic heterocycles. The van der Waals surface area contributed by atoms with Gasteiger partial charge in [0, 0.05) is 19.5 Å². The average molecular weight is 290 g/mol. The molecule has 0 saturated heterocycles. The Kier molecular flexibility index (Phi) is 4.81. The molecule has 3 nitrogen and oxygen atoms in total. The van der Waals surface area contributed by atoms with E-state index in [0.717, 1.165) is 5.56 Å². The zero-order valence-electron chi connectivity index (χ0n) is 11.3. The van der Waals surface area contributed by atoms with Crippen LogP contribution in [0, 0.1) is 5.41 Å². The summed E-state index contributed by atoms with van der Waals surface area (Å²) in [4.78, 5) is 0.308. The maximum Gasteiger partial charge on any atom is 0.242 e. The molecule has 0 aliphatic heterocycles. The lowest BCUT2D eigenvalue weighted by atomic mass is 9.97. The van der Waals surface area contributed by atoms with Crippen LogP contribution < -0.4 is 0 Å². The molecule has 0 amide bonds. The predicted molar refractivity (Wildman–Crippen MR) is 75.3 cm³/mol. The first-order valence-electron chi connectivity index (χ1n) is 5.78. The summed E-state index contributed by atoms with van der Waals surface area (Å²) in [6, 6.07) is 6.69. The van der Waals surface area contributed by atoms with Gasteiger partial charge in [-0.25, -0.2) is 12.7 Å². The molecule has 1 rings (SSSR count). The van der Waals surface area contributed by atoms with E-state index in [-0.39, 0.29) is 5.41 Å². The Morgan fingerprint density at radius 3 is 2.06 bits per heavy atom. The third kappa shape index (κ3) is 3.97. The second-order valence-electron chi connectivity index (χ2n) is 5.60. The van der Waals surface area contributed by atoms with E-state index in [4.69, 9.17) is 11.6 Å². The highest BCUT2D eigenvalue weighted by atomic mass is 35.5. The van der Waals surface area contributed by atoms with Gasteiger partial charge in [0.05, 0.1) is 4.90 Å². The van der Waals surface area contributed by atoms with E-state index in [1.54, 1.807) is 31.3 Å². The molecule has 0 saturated carbocycles. The van der Waals surface area contributed by atoms with Gasteiger partial charge in [0.15, 0.2) is 0 Å². The van der Waals surface area contributed by atoms with Crippen LogP contribution in [-0.2, 0) is 15.9 Å². The Balaban J connectivity index is 2.98. The van der Waals surface area contributed by atoms with Gasteiger partial charge in [-0.2, -0.15) is 0 Å². The first-order chi connectivity index (χ1) is 8.16. The second kappa shape index (κ2) is 5.59. The van der Waals surface area contributed by atoms with Gasteiger partial charge in [0.2, 0.25) is 10.0 Å². The van der Waals surface area contributed by atoms with Crippen molar-refractivity contribution in [3.63, 3.8) is 0 Å². The molecule has 0 heterocycles. The highest BCUT2D eigenvalue weighted by Crippen LogP contribution is 2.21. The fraction of sp³-hybridized carbons (Fsp3) is 0.538. The monoisotopic (exact) mass is 289 g/mol. The molecule has 0 unspecified atom stereocenters. The number of hydrogen-bond donors (Lipinski definition) is 0. The topological polar surface area (TPSA) is 37.4 Å². The maximum atomic E-state index is 12.3. The van der Waals surface area contributed by atoms with Crippen LogP contribution in [0.1, 0.15) is 26.3 Å². The smallest absolute Gasteiger partial charge is 0.207 e. The van der Waals surface area contributed by atoms with Crippen LogP contribution in [0.15, 0.2) is 29.2 Å². The second-order valence-corrected chi connectivity index (χ2v) is 7.91. The molecule has 5 heteroatoms. The SMILES string of the molecule is CN(CC(C)(C)C)S(=O)(=O)c1ccc(CCl)cc1. The third-order valence-electron chi connectivity index (χ3n) is 2.48. The third-order valence-corrected chi connectivity index (χ3v) is 4.61. The van der Waals surface area contributed by atoms with Crippen LogP contribution in [0.25, 0.3) is 0 Å². The number of nitrogens with zero attached hydrogens (tertiary/aromatic N) is 1. The van der Waals surface area contributed by atoms with Gasteiger partial charge in [0.25, 0.3) is 0 Å². The number of benzene rings is 1. The summed E-state index contributed by atoms with van der Waals surface area (Å²) in [5, 5.41) is 0. The quantitative estimate of drug-likeness (QED) is 0.799. The van der Waals surface area contributed by atoms with E-state index in [2.05, 4.69) is 0 Å². The summed E-state index contributed by atoms with van der Waals surface area (Å²) in [7, 11) is -1.80. The molecule has 0 spiro atoms. The summed E-state index contributed by atoms with van der Waals surface area (Å²) in [5.74, 6) is 0.387. The fourth-order valence-electron chi connectivity index (χ4n) is 1.68. The molecule has 0 aliphatic carbocycles. The summed E-state index contributed by atoms with van der Waals surface area (Å²) < 4.78 is 26.0. The Bertz CT molecular complexity index is 489. The first-order valence-corrected chi connectivity index (χ1v) is 7.75. The largest absolute Gasteiger partial charge is 0.242 e. The zero-order chi connectivity index (χ0) is 14.0. The van der Waals surface area contributed by atoms with Gasteiger partial charge in [-0.1, -0.05) is 32.9 Å². The van der Waals surface area contributed by atoms with Crippen molar-refractivity contribution in [1.29, 1.82) is 0 Å². The number of halogens is 1. The Morgan fingerprint density at radius 1 is 1.17 bits per heavy atom. The van der Waals surface area contributed by atoms with E-state index in [0.29, 0.717) is 17.3 Å². The molecule has 0 radical (unpaired) electrons. The summed E-state index contributed by atoms with van der Waals surface area (Å²) in [5.41, 5.74) is 0.840. The van der Waals surface area contributed by atoms with Crippen LogP contribution in [0.2, 0.25) is 0 Å². The van der Waals surface area contributed by atoms with Crippen LogP contribution in [0.3, 0.4) is 0 Å². The molecule has 1 aromatic carbocycles. The number of alkyl halides is 1. The van der Waals surface area contributed by atoms with Gasteiger partial charge in [-0.3, -0.25) is 0 Å². The molecule has 18 heavy (non-hydrogen) atoms. The van der Waals surface area contributed by atoms with Gasteiger partial charge in [-0.05, 0) is 23.1 Å². The number of rotatable bonds is 4. The van der Waals surface area contributed by atoms with E-state index < -0.39 is 10.0 Å². The molecule has 0 aliphatic rings. The zero-order valence-corrected chi connectivity index (χ0v) is 12.8. The van der Waals surface area contributed by atoms with Crippen molar-refractivity contribution in [1.82, 2.24) is 4.31 Å². The van der Waals surface area contributed by atoms with Crippen molar-refractivity contribution in [3.05, 3.63) is 29.8 Å². The summed E-state index contributed by atoms with van der Waals surface area (Å²) in [6.45, 7) is 6.51. The van der Waals surface area contributed by atoms with Crippen LogP contribution in [0.5, 0.6) is 0 Å². The molecule has 0 N–H and O–H groups in total. The summed E-state index contributed by atoms with van der Waals surface area (Å²) >= 11 is 5.68. The molecule has 102 valence electrons.